The van der Waals surface area contributed by atoms with Gasteiger partial charge in [-0.3, -0.25) is 0 Å². The minimum Gasteiger partial charge on any atom is -0.497 e. The maximum atomic E-state index is 12.0. The maximum Gasteiger partial charge on any atom is 0.319 e. The fourth-order valence-electron chi connectivity index (χ4n) is 2.69. The molecule has 1 aromatic heterocycles. The predicted molar refractivity (Wildman–Crippen MR) is 94.5 cm³/mol. The van der Waals surface area contributed by atoms with Crippen LogP contribution in [0.1, 0.15) is 18.4 Å². The van der Waals surface area contributed by atoms with Gasteiger partial charge in [-0.05, 0) is 42.7 Å². The van der Waals surface area contributed by atoms with Crippen molar-refractivity contribution in [2.45, 2.75) is 19.4 Å². The van der Waals surface area contributed by atoms with Gasteiger partial charge in [0.2, 0.25) is 0 Å². The van der Waals surface area contributed by atoms with Gasteiger partial charge in [0.25, 0.3) is 0 Å². The molecular formula is C18H22N4O2. The van der Waals surface area contributed by atoms with Crippen molar-refractivity contribution < 1.29 is 9.53 Å². The highest BCUT2D eigenvalue weighted by molar-refractivity contribution is 5.89. The lowest BCUT2D eigenvalue weighted by Crippen LogP contribution is -2.28. The van der Waals surface area contributed by atoms with E-state index in [1.165, 1.54) is 12.8 Å². The summed E-state index contributed by atoms with van der Waals surface area (Å²) < 4.78 is 5.11. The van der Waals surface area contributed by atoms with Gasteiger partial charge >= 0.3 is 6.03 Å². The molecule has 0 unspecified atom stereocenters. The molecule has 1 aliphatic rings. The van der Waals surface area contributed by atoms with Crippen LogP contribution in [0, 0.1) is 0 Å². The Morgan fingerprint density at radius 2 is 1.92 bits per heavy atom. The molecule has 6 heteroatoms. The fraction of sp³-hybridized carbons (Fsp3) is 0.333. The summed E-state index contributed by atoms with van der Waals surface area (Å²) in [5.74, 6) is 1.77. The third-order valence-electron chi connectivity index (χ3n) is 4.05. The average Bonchev–Trinajstić information content (AvgIpc) is 3.16. The largest absolute Gasteiger partial charge is 0.497 e. The van der Waals surface area contributed by atoms with Crippen LogP contribution in [0.3, 0.4) is 0 Å². The Balaban J connectivity index is 1.48. The highest BCUT2D eigenvalue weighted by Gasteiger charge is 2.13. The van der Waals surface area contributed by atoms with Gasteiger partial charge < -0.3 is 20.3 Å². The number of hydrogen-bond donors (Lipinski definition) is 2. The first kappa shape index (κ1) is 16.1. The van der Waals surface area contributed by atoms with E-state index in [0.717, 1.165) is 30.2 Å². The summed E-state index contributed by atoms with van der Waals surface area (Å²) in [6.45, 7) is 2.57. The molecule has 2 N–H and O–H groups in total. The molecule has 24 heavy (non-hydrogen) atoms. The molecule has 2 aromatic rings. The van der Waals surface area contributed by atoms with Crippen molar-refractivity contribution in [3.05, 3.63) is 48.2 Å². The number of nitrogens with one attached hydrogen (secondary N) is 2. The number of anilines is 2. The van der Waals surface area contributed by atoms with E-state index in [4.69, 9.17) is 4.74 Å². The Hall–Kier alpha value is -2.76. The SMILES string of the molecule is COc1ccc(CNC(=O)Nc2ccc(N3CCCC3)nc2)cc1. The number of urea groups is 1. The molecule has 126 valence electrons. The molecule has 2 heterocycles. The van der Waals surface area contributed by atoms with Gasteiger partial charge in [-0.2, -0.15) is 0 Å². The molecule has 1 saturated heterocycles. The summed E-state index contributed by atoms with van der Waals surface area (Å²) in [5.41, 5.74) is 1.69. The zero-order chi connectivity index (χ0) is 16.8. The maximum absolute atomic E-state index is 12.0. The smallest absolute Gasteiger partial charge is 0.319 e. The van der Waals surface area contributed by atoms with Crippen molar-refractivity contribution in [3.8, 4) is 5.75 Å². The van der Waals surface area contributed by atoms with Gasteiger partial charge in [-0.25, -0.2) is 9.78 Å². The molecule has 6 nitrogen and oxygen atoms in total. The molecule has 1 fully saturated rings. The predicted octanol–water partition coefficient (Wildman–Crippen LogP) is 3.01. The number of rotatable bonds is 5. The summed E-state index contributed by atoms with van der Waals surface area (Å²) in [7, 11) is 1.63. The third-order valence-corrected chi connectivity index (χ3v) is 4.05. The molecule has 3 rings (SSSR count). The van der Waals surface area contributed by atoms with Crippen LogP contribution in [0.25, 0.3) is 0 Å². The molecule has 0 atom stereocenters. The number of methoxy groups -OCH3 is 1. The van der Waals surface area contributed by atoms with Crippen LogP contribution < -0.4 is 20.3 Å². The first-order chi connectivity index (χ1) is 11.7. The Kier molecular flexibility index (Phi) is 5.15. The summed E-state index contributed by atoms with van der Waals surface area (Å²) in [6.07, 6.45) is 4.13. The van der Waals surface area contributed by atoms with Crippen LogP contribution in [0.15, 0.2) is 42.6 Å². The number of benzene rings is 1. The molecular weight excluding hydrogens is 304 g/mol. The second-order valence-corrected chi connectivity index (χ2v) is 5.75. The summed E-state index contributed by atoms with van der Waals surface area (Å²) in [5, 5.41) is 5.62. The Morgan fingerprint density at radius 1 is 1.17 bits per heavy atom. The van der Waals surface area contributed by atoms with Crippen LogP contribution in [0.5, 0.6) is 5.75 Å². The van der Waals surface area contributed by atoms with Crippen molar-refractivity contribution in [1.82, 2.24) is 10.3 Å². The lowest BCUT2D eigenvalue weighted by atomic mass is 10.2. The van der Waals surface area contributed by atoms with Crippen LogP contribution in [0.4, 0.5) is 16.3 Å². The van der Waals surface area contributed by atoms with E-state index >= 15 is 0 Å². The van der Waals surface area contributed by atoms with Crippen molar-refractivity contribution in [2.24, 2.45) is 0 Å². The van der Waals surface area contributed by atoms with Crippen molar-refractivity contribution in [3.63, 3.8) is 0 Å². The van der Waals surface area contributed by atoms with Gasteiger partial charge in [0, 0.05) is 19.6 Å². The van der Waals surface area contributed by atoms with Gasteiger partial charge in [-0.1, -0.05) is 12.1 Å². The zero-order valence-corrected chi connectivity index (χ0v) is 13.8. The van der Waals surface area contributed by atoms with Gasteiger partial charge in [0.15, 0.2) is 0 Å². The minimum absolute atomic E-state index is 0.249. The number of pyridine rings is 1. The fourth-order valence-corrected chi connectivity index (χ4v) is 2.69. The van der Waals surface area contributed by atoms with Crippen LogP contribution >= 0.6 is 0 Å². The lowest BCUT2D eigenvalue weighted by Gasteiger charge is -2.16. The van der Waals surface area contributed by atoms with Gasteiger partial charge in [0.05, 0.1) is 19.0 Å². The van der Waals surface area contributed by atoms with E-state index in [2.05, 4.69) is 20.5 Å². The molecule has 0 spiro atoms. The Labute approximate surface area is 141 Å². The van der Waals surface area contributed by atoms with Crippen molar-refractivity contribution in [1.29, 1.82) is 0 Å². The minimum atomic E-state index is -0.249. The number of carbonyl (C=O) groups is 1. The van der Waals surface area contributed by atoms with Gasteiger partial charge in [-0.15, -0.1) is 0 Å². The molecule has 0 bridgehead atoms. The van der Waals surface area contributed by atoms with Gasteiger partial charge in [0.1, 0.15) is 11.6 Å². The second kappa shape index (κ2) is 7.68. The highest BCUT2D eigenvalue weighted by atomic mass is 16.5. The number of amides is 2. The summed E-state index contributed by atoms with van der Waals surface area (Å²) in [6, 6.07) is 11.2. The molecule has 0 radical (unpaired) electrons. The van der Waals surface area contributed by atoms with Crippen LogP contribution in [-0.2, 0) is 6.54 Å². The topological polar surface area (TPSA) is 66.5 Å². The van der Waals surface area contributed by atoms with E-state index in [0.29, 0.717) is 12.2 Å². The number of ether oxygens (including phenoxy) is 1. The highest BCUT2D eigenvalue weighted by Crippen LogP contribution is 2.19. The molecule has 1 aliphatic heterocycles. The van der Waals surface area contributed by atoms with Crippen LogP contribution in [-0.4, -0.2) is 31.2 Å². The van der Waals surface area contributed by atoms with E-state index in [1.54, 1.807) is 13.3 Å². The van der Waals surface area contributed by atoms with Crippen LogP contribution in [0.2, 0.25) is 0 Å². The summed E-state index contributed by atoms with van der Waals surface area (Å²) >= 11 is 0. The lowest BCUT2D eigenvalue weighted by molar-refractivity contribution is 0.251. The van der Waals surface area contributed by atoms with E-state index < -0.39 is 0 Å². The molecule has 0 aliphatic carbocycles. The van der Waals surface area contributed by atoms with E-state index in [9.17, 15) is 4.79 Å². The number of aromatic nitrogens is 1. The zero-order valence-electron chi connectivity index (χ0n) is 13.8. The molecule has 2 amide bonds. The van der Waals surface area contributed by atoms with Crippen molar-refractivity contribution >= 4 is 17.5 Å². The Bertz CT molecular complexity index is 664. The quantitative estimate of drug-likeness (QED) is 0.886. The normalized spacial score (nSPS) is 13.6. The van der Waals surface area contributed by atoms with E-state index in [-0.39, 0.29) is 6.03 Å². The molecule has 1 aromatic carbocycles. The first-order valence-electron chi connectivity index (χ1n) is 8.13. The summed E-state index contributed by atoms with van der Waals surface area (Å²) in [4.78, 5) is 18.6. The first-order valence-corrected chi connectivity index (χ1v) is 8.13. The average molecular weight is 326 g/mol. The second-order valence-electron chi connectivity index (χ2n) is 5.75. The Morgan fingerprint density at radius 3 is 2.54 bits per heavy atom. The molecule has 0 saturated carbocycles. The van der Waals surface area contributed by atoms with Crippen molar-refractivity contribution in [2.75, 3.05) is 30.4 Å². The number of nitrogens with zero attached hydrogens (tertiary/aromatic N) is 2. The monoisotopic (exact) mass is 326 g/mol. The third kappa shape index (κ3) is 4.16. The number of hydrogen-bond acceptors (Lipinski definition) is 4. The van der Waals surface area contributed by atoms with E-state index in [1.807, 2.05) is 36.4 Å². The number of carbonyl (C=O) groups excluding carboxylic acids is 1. The standard InChI is InChI=1S/C18H22N4O2/c1-24-16-7-4-14(5-8-16)12-20-18(23)21-15-6-9-17(19-13-15)22-10-2-3-11-22/h4-9,13H,2-3,10-12H2,1H3,(H2,20,21,23).